The number of ether oxygens (including phenoxy) is 2. The van der Waals surface area contributed by atoms with E-state index in [1.165, 1.54) is 19.2 Å². The van der Waals surface area contributed by atoms with Crippen molar-refractivity contribution in [2.45, 2.75) is 6.61 Å². The number of nitrogen functional groups attached to an aromatic ring is 1. The molecule has 7 nitrogen and oxygen atoms in total. The molecule has 0 amide bonds. The van der Waals surface area contributed by atoms with Crippen LogP contribution in [0.5, 0.6) is 11.5 Å². The minimum atomic E-state index is -0.523. The van der Waals surface area contributed by atoms with Gasteiger partial charge in [-0.2, -0.15) is 0 Å². The Bertz CT molecular complexity index is 631. The maximum Gasteiger partial charge on any atom is 0.314 e. The van der Waals surface area contributed by atoms with Crippen molar-refractivity contribution < 1.29 is 14.4 Å². The number of hydrogen-bond donors (Lipinski definition) is 1. The molecule has 7 heteroatoms. The fourth-order valence-corrected chi connectivity index (χ4v) is 1.62. The van der Waals surface area contributed by atoms with E-state index in [0.717, 1.165) is 0 Å². The standard InChI is InChI=1S/C13H13N3O4/c1-19-10-4-5-12(11(7-10)16(17)18)20-8-9-3-2-6-15-13(9)14/h2-7H,8H2,1H3,(H2,14,15). The summed E-state index contributed by atoms with van der Waals surface area (Å²) in [5.74, 6) is 0.882. The molecule has 1 heterocycles. The van der Waals surface area contributed by atoms with Crippen molar-refractivity contribution in [2.75, 3.05) is 12.8 Å². The molecule has 0 atom stereocenters. The molecule has 2 aromatic rings. The van der Waals surface area contributed by atoms with Crippen LogP contribution in [0, 0.1) is 10.1 Å². The van der Waals surface area contributed by atoms with Crippen molar-refractivity contribution in [1.82, 2.24) is 4.98 Å². The van der Waals surface area contributed by atoms with E-state index in [1.807, 2.05) is 0 Å². The molecule has 0 radical (unpaired) electrons. The van der Waals surface area contributed by atoms with Gasteiger partial charge in [-0.1, -0.05) is 6.07 Å². The third-order valence-corrected chi connectivity index (χ3v) is 2.67. The van der Waals surface area contributed by atoms with Gasteiger partial charge in [0.2, 0.25) is 0 Å². The molecule has 1 aromatic heterocycles. The molecule has 0 bridgehead atoms. The number of nitro benzene ring substituents is 1. The number of nitrogens with two attached hydrogens (primary N) is 1. The van der Waals surface area contributed by atoms with Crippen LogP contribution in [0.25, 0.3) is 0 Å². The van der Waals surface area contributed by atoms with Gasteiger partial charge in [0.05, 0.1) is 18.1 Å². The summed E-state index contributed by atoms with van der Waals surface area (Å²) < 4.78 is 10.4. The van der Waals surface area contributed by atoms with Crippen molar-refractivity contribution in [2.24, 2.45) is 0 Å². The highest BCUT2D eigenvalue weighted by Crippen LogP contribution is 2.31. The highest BCUT2D eigenvalue weighted by molar-refractivity contribution is 5.51. The van der Waals surface area contributed by atoms with E-state index in [4.69, 9.17) is 15.2 Å². The second kappa shape index (κ2) is 5.87. The summed E-state index contributed by atoms with van der Waals surface area (Å²) in [6, 6.07) is 7.86. The van der Waals surface area contributed by atoms with Crippen molar-refractivity contribution in [3.05, 3.63) is 52.2 Å². The van der Waals surface area contributed by atoms with Gasteiger partial charge in [-0.3, -0.25) is 10.1 Å². The lowest BCUT2D eigenvalue weighted by atomic mass is 10.2. The van der Waals surface area contributed by atoms with E-state index in [0.29, 0.717) is 17.1 Å². The highest BCUT2D eigenvalue weighted by atomic mass is 16.6. The number of methoxy groups -OCH3 is 1. The summed E-state index contributed by atoms with van der Waals surface area (Å²) in [5, 5.41) is 11.0. The molecule has 0 aliphatic rings. The molecule has 0 aliphatic carbocycles. The molecule has 2 rings (SSSR count). The third kappa shape index (κ3) is 2.94. The van der Waals surface area contributed by atoms with E-state index in [2.05, 4.69) is 4.98 Å². The number of pyridine rings is 1. The Kier molecular flexibility index (Phi) is 3.99. The first-order valence-electron chi connectivity index (χ1n) is 5.76. The summed E-state index contributed by atoms with van der Waals surface area (Å²) in [6.07, 6.45) is 1.56. The molecular formula is C13H13N3O4. The maximum atomic E-state index is 11.0. The van der Waals surface area contributed by atoms with Gasteiger partial charge in [-0.25, -0.2) is 4.98 Å². The Balaban J connectivity index is 2.21. The molecule has 2 N–H and O–H groups in total. The minimum absolute atomic E-state index is 0.104. The van der Waals surface area contributed by atoms with Gasteiger partial charge in [-0.05, 0) is 18.2 Å². The Morgan fingerprint density at radius 1 is 1.40 bits per heavy atom. The lowest BCUT2D eigenvalue weighted by Crippen LogP contribution is -2.03. The number of nitrogens with zero attached hydrogens (tertiary/aromatic N) is 2. The lowest BCUT2D eigenvalue weighted by Gasteiger charge is -2.09. The van der Waals surface area contributed by atoms with E-state index in [9.17, 15) is 10.1 Å². The zero-order chi connectivity index (χ0) is 14.5. The summed E-state index contributed by atoms with van der Waals surface area (Å²) >= 11 is 0. The number of anilines is 1. The Morgan fingerprint density at radius 3 is 2.85 bits per heavy atom. The van der Waals surface area contributed by atoms with Gasteiger partial charge < -0.3 is 15.2 Å². The molecule has 0 aliphatic heterocycles. The van der Waals surface area contributed by atoms with Crippen molar-refractivity contribution in [1.29, 1.82) is 0 Å². The fraction of sp³-hybridized carbons (Fsp3) is 0.154. The van der Waals surface area contributed by atoms with Crippen LogP contribution in [0.1, 0.15) is 5.56 Å². The average Bonchev–Trinajstić information content (AvgIpc) is 2.46. The molecule has 20 heavy (non-hydrogen) atoms. The SMILES string of the molecule is COc1ccc(OCc2cccnc2N)c([N+](=O)[O-])c1. The number of nitro groups is 1. The Labute approximate surface area is 115 Å². The molecular weight excluding hydrogens is 262 g/mol. The highest BCUT2D eigenvalue weighted by Gasteiger charge is 2.17. The number of benzene rings is 1. The van der Waals surface area contributed by atoms with Gasteiger partial charge in [0.1, 0.15) is 18.2 Å². The van der Waals surface area contributed by atoms with Crippen molar-refractivity contribution in [3.63, 3.8) is 0 Å². The minimum Gasteiger partial charge on any atom is -0.496 e. The molecule has 0 fully saturated rings. The van der Waals surface area contributed by atoms with E-state index >= 15 is 0 Å². The first-order valence-corrected chi connectivity index (χ1v) is 5.76. The molecule has 1 aromatic carbocycles. The topological polar surface area (TPSA) is 101 Å². The van der Waals surface area contributed by atoms with Crippen molar-refractivity contribution in [3.8, 4) is 11.5 Å². The van der Waals surface area contributed by atoms with Crippen LogP contribution < -0.4 is 15.2 Å². The van der Waals surface area contributed by atoms with Gasteiger partial charge in [0.25, 0.3) is 0 Å². The predicted molar refractivity (Wildman–Crippen MR) is 72.6 cm³/mol. The smallest absolute Gasteiger partial charge is 0.314 e. The van der Waals surface area contributed by atoms with Crippen LogP contribution in [0.4, 0.5) is 11.5 Å². The number of hydrogen-bond acceptors (Lipinski definition) is 6. The second-order valence-electron chi connectivity index (χ2n) is 3.93. The summed E-state index contributed by atoms with van der Waals surface area (Å²) in [5.41, 5.74) is 6.19. The molecule has 0 unspecified atom stereocenters. The van der Waals surface area contributed by atoms with Crippen molar-refractivity contribution >= 4 is 11.5 Å². The van der Waals surface area contributed by atoms with Crippen LogP contribution in [0.15, 0.2) is 36.5 Å². The zero-order valence-corrected chi connectivity index (χ0v) is 10.8. The third-order valence-electron chi connectivity index (χ3n) is 2.67. The quantitative estimate of drug-likeness (QED) is 0.662. The van der Waals surface area contributed by atoms with Crippen LogP contribution in [-0.4, -0.2) is 17.0 Å². The van der Waals surface area contributed by atoms with Gasteiger partial charge >= 0.3 is 5.69 Å². The second-order valence-corrected chi connectivity index (χ2v) is 3.93. The fourth-order valence-electron chi connectivity index (χ4n) is 1.62. The molecule has 0 saturated heterocycles. The molecule has 0 saturated carbocycles. The zero-order valence-electron chi connectivity index (χ0n) is 10.8. The number of aromatic nitrogens is 1. The first kappa shape index (κ1) is 13.6. The molecule has 0 spiro atoms. The van der Waals surface area contributed by atoms with E-state index < -0.39 is 4.92 Å². The van der Waals surface area contributed by atoms with Gasteiger partial charge in [-0.15, -0.1) is 0 Å². The number of rotatable bonds is 5. The first-order chi connectivity index (χ1) is 9.61. The average molecular weight is 275 g/mol. The normalized spacial score (nSPS) is 10.1. The van der Waals surface area contributed by atoms with Crippen LogP contribution >= 0.6 is 0 Å². The monoisotopic (exact) mass is 275 g/mol. The van der Waals surface area contributed by atoms with Crippen LogP contribution in [0.2, 0.25) is 0 Å². The van der Waals surface area contributed by atoms with Gasteiger partial charge in [0, 0.05) is 11.8 Å². The Morgan fingerprint density at radius 2 is 2.20 bits per heavy atom. The maximum absolute atomic E-state index is 11.0. The van der Waals surface area contributed by atoms with E-state index in [1.54, 1.807) is 24.4 Å². The summed E-state index contributed by atoms with van der Waals surface area (Å²) in [6.45, 7) is 0.104. The molecule has 104 valence electrons. The van der Waals surface area contributed by atoms with E-state index in [-0.39, 0.29) is 18.0 Å². The van der Waals surface area contributed by atoms with Crippen LogP contribution in [-0.2, 0) is 6.61 Å². The summed E-state index contributed by atoms with van der Waals surface area (Å²) in [4.78, 5) is 14.4. The Hall–Kier alpha value is -2.83. The van der Waals surface area contributed by atoms with Crippen LogP contribution in [0.3, 0.4) is 0 Å². The van der Waals surface area contributed by atoms with Gasteiger partial charge in [0.15, 0.2) is 5.75 Å². The summed E-state index contributed by atoms with van der Waals surface area (Å²) in [7, 11) is 1.44. The largest absolute Gasteiger partial charge is 0.496 e. The lowest BCUT2D eigenvalue weighted by molar-refractivity contribution is -0.386. The predicted octanol–water partition coefficient (Wildman–Crippen LogP) is 2.16.